The molecule has 0 amide bonds. The molecule has 0 bridgehead atoms. The van der Waals surface area contributed by atoms with Crippen molar-refractivity contribution in [1.82, 2.24) is 19.9 Å². The lowest BCUT2D eigenvalue weighted by molar-refractivity contribution is -0.0498. The molecule has 0 spiro atoms. The van der Waals surface area contributed by atoms with Crippen molar-refractivity contribution >= 4 is 11.2 Å². The molecule has 1 aromatic carbocycles. The van der Waals surface area contributed by atoms with Crippen molar-refractivity contribution < 1.29 is 18.3 Å². The predicted octanol–water partition coefficient (Wildman–Crippen LogP) is 2.53. The SMILES string of the molecule is FC(F)Oc1ccc(COc2ncnc3nc[nH]c23)cc1. The Balaban J connectivity index is 1.68. The average molecular weight is 292 g/mol. The summed E-state index contributed by atoms with van der Waals surface area (Å²) in [6, 6.07) is 6.19. The van der Waals surface area contributed by atoms with E-state index in [1.54, 1.807) is 12.1 Å². The molecule has 0 saturated carbocycles. The molecule has 3 rings (SSSR count). The number of alkyl halides is 2. The van der Waals surface area contributed by atoms with Crippen molar-refractivity contribution in [2.24, 2.45) is 0 Å². The number of nitrogens with zero attached hydrogens (tertiary/aromatic N) is 3. The molecular formula is C13H10F2N4O2. The molecule has 2 aromatic heterocycles. The smallest absolute Gasteiger partial charge is 0.387 e. The molecule has 0 aliphatic carbocycles. The molecule has 0 saturated heterocycles. The van der Waals surface area contributed by atoms with Gasteiger partial charge in [-0.05, 0) is 17.7 Å². The van der Waals surface area contributed by atoms with Crippen LogP contribution in [0.5, 0.6) is 11.6 Å². The molecule has 108 valence electrons. The van der Waals surface area contributed by atoms with E-state index >= 15 is 0 Å². The zero-order valence-corrected chi connectivity index (χ0v) is 10.7. The number of hydrogen-bond acceptors (Lipinski definition) is 5. The Hall–Kier alpha value is -2.77. The fourth-order valence-electron chi connectivity index (χ4n) is 1.77. The number of rotatable bonds is 5. The van der Waals surface area contributed by atoms with Gasteiger partial charge in [-0.15, -0.1) is 0 Å². The van der Waals surface area contributed by atoms with Crippen molar-refractivity contribution in [2.75, 3.05) is 0 Å². The zero-order valence-electron chi connectivity index (χ0n) is 10.7. The summed E-state index contributed by atoms with van der Waals surface area (Å²) in [5.74, 6) is 0.483. The Morgan fingerprint density at radius 3 is 2.67 bits per heavy atom. The van der Waals surface area contributed by atoms with Crippen LogP contribution in [0, 0.1) is 0 Å². The number of hydrogen-bond donors (Lipinski definition) is 1. The van der Waals surface area contributed by atoms with Crippen LogP contribution in [-0.4, -0.2) is 26.5 Å². The monoisotopic (exact) mass is 292 g/mol. The van der Waals surface area contributed by atoms with Gasteiger partial charge in [0, 0.05) is 0 Å². The summed E-state index contributed by atoms with van der Waals surface area (Å²) in [7, 11) is 0. The number of nitrogens with one attached hydrogen (secondary N) is 1. The minimum Gasteiger partial charge on any atom is -0.471 e. The fourth-order valence-corrected chi connectivity index (χ4v) is 1.77. The Labute approximate surface area is 117 Å². The molecular weight excluding hydrogens is 282 g/mol. The number of aromatic nitrogens is 4. The molecule has 3 aromatic rings. The van der Waals surface area contributed by atoms with Gasteiger partial charge in [0.05, 0.1) is 6.33 Å². The van der Waals surface area contributed by atoms with E-state index in [-0.39, 0.29) is 12.4 Å². The molecule has 0 unspecified atom stereocenters. The molecule has 2 heterocycles. The highest BCUT2D eigenvalue weighted by molar-refractivity contribution is 5.74. The third-order valence-corrected chi connectivity index (χ3v) is 2.71. The molecule has 0 aliphatic heterocycles. The first kappa shape index (κ1) is 13.2. The van der Waals surface area contributed by atoms with Gasteiger partial charge < -0.3 is 14.5 Å². The van der Waals surface area contributed by atoms with Crippen molar-refractivity contribution in [1.29, 1.82) is 0 Å². The molecule has 0 fully saturated rings. The second-order valence-corrected chi connectivity index (χ2v) is 4.09. The first-order valence-corrected chi connectivity index (χ1v) is 6.03. The first-order chi connectivity index (χ1) is 10.2. The van der Waals surface area contributed by atoms with Crippen LogP contribution in [0.25, 0.3) is 11.2 Å². The third kappa shape index (κ3) is 3.04. The summed E-state index contributed by atoms with van der Waals surface area (Å²) in [4.78, 5) is 14.9. The second-order valence-electron chi connectivity index (χ2n) is 4.09. The zero-order chi connectivity index (χ0) is 14.7. The van der Waals surface area contributed by atoms with Crippen molar-refractivity contribution in [3.05, 3.63) is 42.5 Å². The second kappa shape index (κ2) is 5.70. The number of H-pyrrole nitrogens is 1. The van der Waals surface area contributed by atoms with Crippen LogP contribution in [0.3, 0.4) is 0 Å². The normalized spacial score (nSPS) is 11.0. The quantitative estimate of drug-likeness (QED) is 0.782. The Kier molecular flexibility index (Phi) is 3.59. The summed E-state index contributed by atoms with van der Waals surface area (Å²) in [5.41, 5.74) is 1.92. The molecule has 6 nitrogen and oxygen atoms in total. The Morgan fingerprint density at radius 2 is 1.90 bits per heavy atom. The van der Waals surface area contributed by atoms with Gasteiger partial charge in [0.1, 0.15) is 24.2 Å². The maximum absolute atomic E-state index is 12.0. The lowest BCUT2D eigenvalue weighted by atomic mass is 10.2. The number of benzene rings is 1. The molecule has 0 atom stereocenters. The average Bonchev–Trinajstić information content (AvgIpc) is 2.95. The fraction of sp³-hybridized carbons (Fsp3) is 0.154. The Bertz CT molecular complexity index is 730. The highest BCUT2D eigenvalue weighted by atomic mass is 19.3. The van der Waals surface area contributed by atoms with E-state index in [4.69, 9.17) is 4.74 Å². The molecule has 0 aliphatic rings. The van der Waals surface area contributed by atoms with Gasteiger partial charge in [-0.1, -0.05) is 12.1 Å². The predicted molar refractivity (Wildman–Crippen MR) is 69.1 cm³/mol. The van der Waals surface area contributed by atoms with E-state index in [1.807, 2.05) is 0 Å². The maximum atomic E-state index is 12.0. The molecule has 21 heavy (non-hydrogen) atoms. The van der Waals surface area contributed by atoms with E-state index in [9.17, 15) is 8.78 Å². The van der Waals surface area contributed by atoms with E-state index in [0.29, 0.717) is 17.0 Å². The third-order valence-electron chi connectivity index (χ3n) is 2.71. The van der Waals surface area contributed by atoms with Gasteiger partial charge in [0.15, 0.2) is 5.65 Å². The minimum absolute atomic E-state index is 0.103. The van der Waals surface area contributed by atoms with Crippen LogP contribution < -0.4 is 9.47 Å². The van der Waals surface area contributed by atoms with Crippen LogP contribution in [-0.2, 0) is 6.61 Å². The van der Waals surface area contributed by atoms with E-state index in [0.717, 1.165) is 5.56 Å². The molecule has 1 N–H and O–H groups in total. The van der Waals surface area contributed by atoms with Crippen LogP contribution >= 0.6 is 0 Å². The van der Waals surface area contributed by atoms with Gasteiger partial charge in [-0.3, -0.25) is 0 Å². The largest absolute Gasteiger partial charge is 0.471 e. The van der Waals surface area contributed by atoms with Crippen molar-refractivity contribution in [3.8, 4) is 11.6 Å². The summed E-state index contributed by atoms with van der Waals surface area (Å²) >= 11 is 0. The number of fused-ring (bicyclic) bond motifs is 1. The lowest BCUT2D eigenvalue weighted by Crippen LogP contribution is -2.02. The van der Waals surface area contributed by atoms with Gasteiger partial charge in [0.2, 0.25) is 5.88 Å². The van der Waals surface area contributed by atoms with Crippen LogP contribution in [0.4, 0.5) is 8.78 Å². The Morgan fingerprint density at radius 1 is 1.10 bits per heavy atom. The summed E-state index contributed by atoms with van der Waals surface area (Å²) in [6.45, 7) is -2.60. The summed E-state index contributed by atoms with van der Waals surface area (Å²) < 4.78 is 33.9. The van der Waals surface area contributed by atoms with E-state index in [1.165, 1.54) is 24.8 Å². The highest BCUT2D eigenvalue weighted by Crippen LogP contribution is 2.19. The standard InChI is InChI=1S/C13H10F2N4O2/c14-13(15)21-9-3-1-8(2-4-9)5-20-12-10-11(17-6-16-10)18-7-19-12/h1-4,6-7,13H,5H2,(H,16,17,18,19). The van der Waals surface area contributed by atoms with Gasteiger partial charge in [-0.25, -0.2) is 9.97 Å². The number of halogens is 2. The number of aromatic amines is 1. The van der Waals surface area contributed by atoms with Crippen molar-refractivity contribution in [3.63, 3.8) is 0 Å². The lowest BCUT2D eigenvalue weighted by Gasteiger charge is -2.07. The van der Waals surface area contributed by atoms with Crippen LogP contribution in [0.1, 0.15) is 5.56 Å². The summed E-state index contributed by atoms with van der Waals surface area (Å²) in [6.07, 6.45) is 2.86. The summed E-state index contributed by atoms with van der Waals surface area (Å²) in [5, 5.41) is 0. The highest BCUT2D eigenvalue weighted by Gasteiger charge is 2.08. The number of imidazole rings is 1. The maximum Gasteiger partial charge on any atom is 0.387 e. The van der Waals surface area contributed by atoms with Crippen LogP contribution in [0.2, 0.25) is 0 Å². The van der Waals surface area contributed by atoms with Crippen molar-refractivity contribution in [2.45, 2.75) is 13.2 Å². The minimum atomic E-state index is -2.83. The molecule has 8 heteroatoms. The first-order valence-electron chi connectivity index (χ1n) is 6.03. The van der Waals surface area contributed by atoms with E-state index < -0.39 is 6.61 Å². The van der Waals surface area contributed by atoms with E-state index in [2.05, 4.69) is 24.7 Å². The topological polar surface area (TPSA) is 72.9 Å². The van der Waals surface area contributed by atoms with Gasteiger partial charge >= 0.3 is 6.61 Å². The molecule has 0 radical (unpaired) electrons. The van der Waals surface area contributed by atoms with Gasteiger partial charge in [-0.2, -0.15) is 13.8 Å². The number of ether oxygens (including phenoxy) is 2. The van der Waals surface area contributed by atoms with Gasteiger partial charge in [0.25, 0.3) is 0 Å². The van der Waals surface area contributed by atoms with Crippen LogP contribution in [0.15, 0.2) is 36.9 Å².